The lowest BCUT2D eigenvalue weighted by Crippen LogP contribution is -2.23. The molecule has 2 N–H and O–H groups in total. The van der Waals surface area contributed by atoms with Crippen LogP contribution in [0.15, 0.2) is 34.9 Å². The first kappa shape index (κ1) is 17.2. The van der Waals surface area contributed by atoms with Gasteiger partial charge in [-0.3, -0.25) is 4.79 Å². The van der Waals surface area contributed by atoms with Gasteiger partial charge in [-0.05, 0) is 50.3 Å². The Balaban J connectivity index is 2.10. The Morgan fingerprint density at radius 3 is 2.61 bits per heavy atom. The van der Waals surface area contributed by atoms with Crippen molar-refractivity contribution in [2.45, 2.75) is 34.6 Å². The van der Waals surface area contributed by atoms with Crippen molar-refractivity contribution >= 4 is 11.6 Å². The molecule has 4 nitrogen and oxygen atoms in total. The predicted octanol–water partition coefficient (Wildman–Crippen LogP) is 3.61. The summed E-state index contributed by atoms with van der Waals surface area (Å²) in [5.74, 6) is -0.630. The van der Waals surface area contributed by atoms with Gasteiger partial charge in [0.15, 0.2) is 0 Å². The molecule has 0 saturated heterocycles. The molecule has 1 aromatic carbocycles. The maximum Gasteiger partial charge on any atom is 0.244 e. The number of phenols is 1. The van der Waals surface area contributed by atoms with E-state index in [1.54, 1.807) is 6.92 Å². The number of amides is 1. The summed E-state index contributed by atoms with van der Waals surface area (Å²) in [6.45, 7) is 9.74. The average molecular weight is 318 g/mol. The molecule has 0 bridgehead atoms. The maximum atomic E-state index is 13.3. The number of carbonyl (C=O) groups excluding carboxylic acids is 1. The second-order valence-electron chi connectivity index (χ2n) is 6.90. The number of hydrogen-bond acceptors (Lipinski definition) is 3. The number of nitrogens with zero attached hydrogens (tertiary/aromatic N) is 1. The lowest BCUT2D eigenvalue weighted by molar-refractivity contribution is -0.123. The van der Waals surface area contributed by atoms with E-state index in [-0.39, 0.29) is 34.5 Å². The van der Waals surface area contributed by atoms with E-state index >= 15 is 0 Å². The first-order chi connectivity index (χ1) is 10.6. The molecule has 0 spiro atoms. The normalized spacial score (nSPS) is 22.4. The summed E-state index contributed by atoms with van der Waals surface area (Å²) >= 11 is 0. The van der Waals surface area contributed by atoms with Gasteiger partial charge in [0.25, 0.3) is 0 Å². The molecule has 2 rings (SSSR count). The Kier molecular flexibility index (Phi) is 4.59. The van der Waals surface area contributed by atoms with Gasteiger partial charge < -0.3 is 5.11 Å². The number of benzene rings is 1. The molecule has 0 radical (unpaired) electrons. The van der Waals surface area contributed by atoms with Crippen molar-refractivity contribution in [1.29, 1.82) is 0 Å². The van der Waals surface area contributed by atoms with Gasteiger partial charge in [0.2, 0.25) is 5.91 Å². The van der Waals surface area contributed by atoms with Crippen LogP contribution in [-0.2, 0) is 4.79 Å². The van der Waals surface area contributed by atoms with Crippen molar-refractivity contribution in [3.8, 4) is 5.75 Å². The number of carbonyl (C=O) groups is 1. The fraction of sp³-hybridized carbons (Fsp3) is 0.444. The Morgan fingerprint density at radius 2 is 2.00 bits per heavy atom. The minimum atomic E-state index is -0.467. The molecule has 1 saturated carbocycles. The van der Waals surface area contributed by atoms with E-state index in [0.717, 1.165) is 0 Å². The summed E-state index contributed by atoms with van der Waals surface area (Å²) in [6.07, 6.45) is 2.11. The van der Waals surface area contributed by atoms with Crippen molar-refractivity contribution in [1.82, 2.24) is 5.43 Å². The second-order valence-corrected chi connectivity index (χ2v) is 6.90. The molecule has 0 unspecified atom stereocenters. The third kappa shape index (κ3) is 3.60. The highest BCUT2D eigenvalue weighted by molar-refractivity contribution is 6.01. The Hall–Kier alpha value is -2.17. The summed E-state index contributed by atoms with van der Waals surface area (Å²) < 4.78 is 13.3. The van der Waals surface area contributed by atoms with Gasteiger partial charge in [-0.1, -0.05) is 25.5 Å². The van der Waals surface area contributed by atoms with Crippen LogP contribution in [0.5, 0.6) is 5.75 Å². The van der Waals surface area contributed by atoms with Crippen LogP contribution in [0.4, 0.5) is 4.39 Å². The van der Waals surface area contributed by atoms with E-state index in [9.17, 15) is 14.3 Å². The molecule has 1 fully saturated rings. The quantitative estimate of drug-likeness (QED) is 0.506. The van der Waals surface area contributed by atoms with Gasteiger partial charge in [0.05, 0.1) is 11.6 Å². The van der Waals surface area contributed by atoms with Gasteiger partial charge in [0, 0.05) is 5.56 Å². The molecule has 2 atom stereocenters. The molecule has 0 heterocycles. The van der Waals surface area contributed by atoms with Crippen LogP contribution in [0.3, 0.4) is 0 Å². The van der Waals surface area contributed by atoms with Crippen LogP contribution in [0, 0.1) is 23.1 Å². The molecule has 124 valence electrons. The lowest BCUT2D eigenvalue weighted by Gasteiger charge is -2.06. The van der Waals surface area contributed by atoms with E-state index < -0.39 is 5.82 Å². The van der Waals surface area contributed by atoms with Crippen LogP contribution < -0.4 is 5.43 Å². The summed E-state index contributed by atoms with van der Waals surface area (Å²) in [6, 6.07) is 3.62. The molecule has 5 heteroatoms. The van der Waals surface area contributed by atoms with Crippen LogP contribution in [0.2, 0.25) is 0 Å². The van der Waals surface area contributed by atoms with E-state index in [0.29, 0.717) is 5.71 Å². The highest BCUT2D eigenvalue weighted by Gasteiger charge is 2.60. The Labute approximate surface area is 136 Å². The molecule has 1 aliphatic rings. The first-order valence-electron chi connectivity index (χ1n) is 7.62. The second kappa shape index (κ2) is 6.14. The number of allylic oxidation sites excluding steroid dienone is 2. The van der Waals surface area contributed by atoms with E-state index in [2.05, 4.69) is 30.5 Å². The molecular formula is C18H23FN2O2. The number of hydrazone groups is 1. The van der Waals surface area contributed by atoms with E-state index in [1.807, 2.05) is 13.8 Å². The first-order valence-corrected chi connectivity index (χ1v) is 7.62. The molecule has 1 aliphatic carbocycles. The number of aromatic hydroxyl groups is 1. The van der Waals surface area contributed by atoms with Crippen LogP contribution >= 0.6 is 0 Å². The van der Waals surface area contributed by atoms with Crippen molar-refractivity contribution in [2.75, 3.05) is 0 Å². The summed E-state index contributed by atoms with van der Waals surface area (Å²) in [7, 11) is 0. The van der Waals surface area contributed by atoms with Crippen LogP contribution in [-0.4, -0.2) is 16.7 Å². The van der Waals surface area contributed by atoms with E-state index in [4.69, 9.17) is 0 Å². The zero-order valence-electron chi connectivity index (χ0n) is 14.1. The van der Waals surface area contributed by atoms with Crippen molar-refractivity contribution in [2.24, 2.45) is 22.4 Å². The number of phenolic OH excluding ortho intramolecular Hbond substituents is 1. The molecule has 1 aromatic rings. The molecule has 0 aromatic heterocycles. The minimum Gasteiger partial charge on any atom is -0.507 e. The molecular weight excluding hydrogens is 295 g/mol. The largest absolute Gasteiger partial charge is 0.507 e. The van der Waals surface area contributed by atoms with Gasteiger partial charge in [-0.25, -0.2) is 9.82 Å². The number of rotatable bonds is 4. The number of hydrogen-bond donors (Lipinski definition) is 2. The monoisotopic (exact) mass is 318 g/mol. The van der Waals surface area contributed by atoms with E-state index in [1.165, 1.54) is 23.8 Å². The van der Waals surface area contributed by atoms with Crippen molar-refractivity contribution < 1.29 is 14.3 Å². The smallest absolute Gasteiger partial charge is 0.244 e. The topological polar surface area (TPSA) is 61.7 Å². The zero-order valence-corrected chi connectivity index (χ0v) is 14.1. The summed E-state index contributed by atoms with van der Waals surface area (Å²) in [5.41, 5.74) is 4.25. The standard InChI is InChI=1S/C18H23FN2O2/c1-10(2)8-14-16(18(14,4)5)17(23)21-20-11(3)13-9-12(19)6-7-15(13)22/h6-9,14,16,22H,1-5H3,(H,21,23)/b20-11+/t14-,16+/m1/s1. The maximum absolute atomic E-state index is 13.3. The number of nitrogens with one attached hydrogen (secondary N) is 1. The fourth-order valence-corrected chi connectivity index (χ4v) is 2.92. The summed E-state index contributed by atoms with van der Waals surface area (Å²) in [4.78, 5) is 12.3. The van der Waals surface area contributed by atoms with Gasteiger partial charge >= 0.3 is 0 Å². The van der Waals surface area contributed by atoms with Gasteiger partial charge in [0.1, 0.15) is 11.6 Å². The minimum absolute atomic E-state index is 0.0731. The third-order valence-electron chi connectivity index (χ3n) is 4.39. The Bertz CT molecular complexity index is 688. The van der Waals surface area contributed by atoms with Crippen molar-refractivity contribution in [3.63, 3.8) is 0 Å². The number of halogens is 1. The SMILES string of the molecule is CC(C)=C[C@@H]1[C@@H](C(=O)N/N=C(\C)c2cc(F)ccc2O)C1(C)C. The van der Waals surface area contributed by atoms with Crippen LogP contribution in [0.25, 0.3) is 0 Å². The Morgan fingerprint density at radius 1 is 1.35 bits per heavy atom. The predicted molar refractivity (Wildman–Crippen MR) is 88.6 cm³/mol. The molecule has 0 aliphatic heterocycles. The molecule has 23 heavy (non-hydrogen) atoms. The zero-order chi connectivity index (χ0) is 17.4. The van der Waals surface area contributed by atoms with Crippen LogP contribution in [0.1, 0.15) is 40.2 Å². The third-order valence-corrected chi connectivity index (χ3v) is 4.39. The molecule has 1 amide bonds. The summed E-state index contributed by atoms with van der Waals surface area (Å²) in [5, 5.41) is 13.8. The van der Waals surface area contributed by atoms with Crippen molar-refractivity contribution in [3.05, 3.63) is 41.2 Å². The highest BCUT2D eigenvalue weighted by Crippen LogP contribution is 2.59. The highest BCUT2D eigenvalue weighted by atomic mass is 19.1. The lowest BCUT2D eigenvalue weighted by atomic mass is 10.1. The van der Waals surface area contributed by atoms with Gasteiger partial charge in [-0.2, -0.15) is 5.10 Å². The average Bonchev–Trinajstić information content (AvgIpc) is 2.98. The fourth-order valence-electron chi connectivity index (χ4n) is 2.92. The van der Waals surface area contributed by atoms with Gasteiger partial charge in [-0.15, -0.1) is 0 Å².